The molecule has 0 spiro atoms. The molecule has 0 aliphatic rings. The molecule has 72 valence electrons. The fourth-order valence-electron chi connectivity index (χ4n) is 1.14. The summed E-state index contributed by atoms with van der Waals surface area (Å²) in [4.78, 5) is 0. The third kappa shape index (κ3) is 9.70. The molecule has 1 heteroatoms. The van der Waals surface area contributed by atoms with E-state index < -0.39 is 0 Å². The Balaban J connectivity index is 2.77. The van der Waals surface area contributed by atoms with Gasteiger partial charge in [-0.2, -0.15) is 0 Å². The summed E-state index contributed by atoms with van der Waals surface area (Å²) >= 11 is 0. The van der Waals surface area contributed by atoms with E-state index in [0.717, 1.165) is 0 Å². The highest BCUT2D eigenvalue weighted by molar-refractivity contribution is 4.65. The number of hydrogen-bond donors (Lipinski definition) is 1. The molecule has 0 saturated carbocycles. The smallest absolute Gasteiger partial charge is 0.00489 e. The number of unbranched alkanes of at least 4 members (excludes halogenated alkanes) is 4. The van der Waals surface area contributed by atoms with Crippen LogP contribution >= 0.6 is 0 Å². The maximum absolute atomic E-state index is 3.70. The molecule has 0 aromatic rings. The van der Waals surface area contributed by atoms with E-state index in [1.165, 1.54) is 51.6 Å². The maximum atomic E-state index is 3.70. The quantitative estimate of drug-likeness (QED) is 0.413. The van der Waals surface area contributed by atoms with Crippen molar-refractivity contribution < 1.29 is 0 Å². The van der Waals surface area contributed by atoms with Gasteiger partial charge in [0.25, 0.3) is 0 Å². The fraction of sp³-hybridized carbons (Fsp3) is 0.818. The van der Waals surface area contributed by atoms with Crippen LogP contribution in [-0.4, -0.2) is 13.1 Å². The molecule has 0 aromatic heterocycles. The Bertz CT molecular complexity index is 89.0. The second kappa shape index (κ2) is 10.7. The van der Waals surface area contributed by atoms with Crippen LogP contribution in [-0.2, 0) is 0 Å². The summed E-state index contributed by atoms with van der Waals surface area (Å²) in [5, 5.41) is 3.44. The number of allylic oxidation sites excluding steroid dienone is 1. The van der Waals surface area contributed by atoms with Crippen molar-refractivity contribution in [2.45, 2.75) is 45.4 Å². The van der Waals surface area contributed by atoms with Crippen molar-refractivity contribution in [1.82, 2.24) is 5.32 Å². The normalized spacial score (nSPS) is 10.1. The lowest BCUT2D eigenvalue weighted by Gasteiger charge is -2.02. The van der Waals surface area contributed by atoms with E-state index in [0.29, 0.717) is 0 Å². The van der Waals surface area contributed by atoms with E-state index in [4.69, 9.17) is 0 Å². The van der Waals surface area contributed by atoms with E-state index in [2.05, 4.69) is 18.8 Å². The molecule has 0 atom stereocenters. The summed E-state index contributed by atoms with van der Waals surface area (Å²) < 4.78 is 0. The van der Waals surface area contributed by atoms with Crippen LogP contribution in [0.15, 0.2) is 12.7 Å². The Morgan fingerprint density at radius 3 is 2.50 bits per heavy atom. The van der Waals surface area contributed by atoms with Gasteiger partial charge in [-0.25, -0.2) is 0 Å². The van der Waals surface area contributed by atoms with Gasteiger partial charge in [0.2, 0.25) is 0 Å². The van der Waals surface area contributed by atoms with Crippen molar-refractivity contribution in [1.29, 1.82) is 0 Å². The van der Waals surface area contributed by atoms with Crippen LogP contribution in [0.4, 0.5) is 0 Å². The van der Waals surface area contributed by atoms with E-state index in [9.17, 15) is 0 Å². The lowest BCUT2D eigenvalue weighted by Crippen LogP contribution is -2.16. The van der Waals surface area contributed by atoms with E-state index in [-0.39, 0.29) is 0 Å². The van der Waals surface area contributed by atoms with Crippen molar-refractivity contribution in [2.75, 3.05) is 13.1 Å². The summed E-state index contributed by atoms with van der Waals surface area (Å²) in [6.07, 6.45) is 9.75. The first-order valence-electron chi connectivity index (χ1n) is 5.23. The zero-order chi connectivity index (χ0) is 9.07. The highest BCUT2D eigenvalue weighted by Crippen LogP contribution is 1.98. The van der Waals surface area contributed by atoms with Gasteiger partial charge in [-0.3, -0.25) is 0 Å². The van der Waals surface area contributed by atoms with Crippen molar-refractivity contribution in [2.24, 2.45) is 0 Å². The second-order valence-corrected chi connectivity index (χ2v) is 3.24. The molecule has 0 heterocycles. The van der Waals surface area contributed by atoms with Gasteiger partial charge in [0, 0.05) is 0 Å². The van der Waals surface area contributed by atoms with Gasteiger partial charge in [0.05, 0.1) is 0 Å². The first kappa shape index (κ1) is 11.7. The molecule has 0 unspecified atom stereocenters. The predicted octanol–water partition coefficient (Wildman–Crippen LogP) is 3.12. The predicted molar refractivity (Wildman–Crippen MR) is 56.4 cm³/mol. The van der Waals surface area contributed by atoms with Crippen LogP contribution in [0, 0.1) is 0 Å². The first-order chi connectivity index (χ1) is 5.91. The zero-order valence-electron chi connectivity index (χ0n) is 8.44. The van der Waals surface area contributed by atoms with Gasteiger partial charge >= 0.3 is 0 Å². The minimum Gasteiger partial charge on any atom is -0.317 e. The first-order valence-corrected chi connectivity index (χ1v) is 5.23. The molecule has 0 aliphatic carbocycles. The minimum atomic E-state index is 1.18. The van der Waals surface area contributed by atoms with Crippen molar-refractivity contribution >= 4 is 0 Å². The number of rotatable bonds is 9. The van der Waals surface area contributed by atoms with Crippen LogP contribution in [0.25, 0.3) is 0 Å². The van der Waals surface area contributed by atoms with Gasteiger partial charge in [-0.15, -0.1) is 6.58 Å². The van der Waals surface area contributed by atoms with Gasteiger partial charge in [-0.05, 0) is 38.8 Å². The Hall–Kier alpha value is -0.300. The molecule has 0 saturated heterocycles. The van der Waals surface area contributed by atoms with E-state index >= 15 is 0 Å². The molecule has 12 heavy (non-hydrogen) atoms. The minimum absolute atomic E-state index is 1.18. The lowest BCUT2D eigenvalue weighted by atomic mass is 10.2. The number of nitrogens with one attached hydrogen (secondary N) is 1. The third-order valence-electron chi connectivity index (χ3n) is 1.97. The highest BCUT2D eigenvalue weighted by atomic mass is 14.8. The largest absolute Gasteiger partial charge is 0.317 e. The maximum Gasteiger partial charge on any atom is -0.00489 e. The van der Waals surface area contributed by atoms with Gasteiger partial charge in [-0.1, -0.05) is 25.8 Å². The highest BCUT2D eigenvalue weighted by Gasteiger charge is 1.87. The van der Waals surface area contributed by atoms with Gasteiger partial charge in [0.1, 0.15) is 0 Å². The standard InChI is InChI=1S/C11H23N/c1-3-5-7-8-9-11-12-10-6-4-2/h3,12H,1,4-11H2,2H3. The van der Waals surface area contributed by atoms with Crippen molar-refractivity contribution in [3.05, 3.63) is 12.7 Å². The molecule has 0 bridgehead atoms. The number of hydrogen-bond acceptors (Lipinski definition) is 1. The molecule has 0 amide bonds. The molecule has 1 nitrogen and oxygen atoms in total. The average molecular weight is 169 g/mol. The molecule has 0 fully saturated rings. The Kier molecular flexibility index (Phi) is 10.4. The van der Waals surface area contributed by atoms with Gasteiger partial charge < -0.3 is 5.32 Å². The molecule has 1 N–H and O–H groups in total. The molecule has 0 rings (SSSR count). The summed E-state index contributed by atoms with van der Waals surface area (Å²) in [7, 11) is 0. The SMILES string of the molecule is C=CCCCCCNCCCC. The summed E-state index contributed by atoms with van der Waals surface area (Å²) in [6, 6.07) is 0. The fourth-order valence-corrected chi connectivity index (χ4v) is 1.14. The zero-order valence-corrected chi connectivity index (χ0v) is 8.44. The Labute approximate surface area is 77.2 Å². The van der Waals surface area contributed by atoms with Crippen LogP contribution in [0.1, 0.15) is 45.4 Å². The molecular weight excluding hydrogens is 146 g/mol. The molecule has 0 radical (unpaired) electrons. The van der Waals surface area contributed by atoms with Crippen LogP contribution in [0.5, 0.6) is 0 Å². The van der Waals surface area contributed by atoms with Crippen LogP contribution in [0.2, 0.25) is 0 Å². The molecular formula is C11H23N. The average Bonchev–Trinajstić information content (AvgIpc) is 2.10. The third-order valence-corrected chi connectivity index (χ3v) is 1.97. The molecule has 0 aliphatic heterocycles. The monoisotopic (exact) mass is 169 g/mol. The summed E-state index contributed by atoms with van der Waals surface area (Å²) in [5.41, 5.74) is 0. The Morgan fingerprint density at radius 2 is 1.83 bits per heavy atom. The lowest BCUT2D eigenvalue weighted by molar-refractivity contribution is 0.588. The van der Waals surface area contributed by atoms with E-state index in [1.807, 2.05) is 6.08 Å². The Morgan fingerprint density at radius 1 is 1.08 bits per heavy atom. The van der Waals surface area contributed by atoms with Crippen molar-refractivity contribution in [3.63, 3.8) is 0 Å². The second-order valence-electron chi connectivity index (χ2n) is 3.24. The van der Waals surface area contributed by atoms with Gasteiger partial charge in [0.15, 0.2) is 0 Å². The van der Waals surface area contributed by atoms with E-state index in [1.54, 1.807) is 0 Å². The van der Waals surface area contributed by atoms with Crippen LogP contribution < -0.4 is 5.32 Å². The summed E-state index contributed by atoms with van der Waals surface area (Å²) in [6.45, 7) is 8.32. The van der Waals surface area contributed by atoms with Crippen molar-refractivity contribution in [3.8, 4) is 0 Å². The summed E-state index contributed by atoms with van der Waals surface area (Å²) in [5.74, 6) is 0. The topological polar surface area (TPSA) is 12.0 Å². The van der Waals surface area contributed by atoms with Crippen LogP contribution in [0.3, 0.4) is 0 Å². The molecule has 0 aromatic carbocycles.